The Morgan fingerprint density at radius 3 is 2.78 bits per heavy atom. The van der Waals surface area contributed by atoms with E-state index in [9.17, 15) is 0 Å². The summed E-state index contributed by atoms with van der Waals surface area (Å²) in [5.74, 6) is 0.158. The second-order valence-electron chi connectivity index (χ2n) is 1.80. The molecule has 0 spiro atoms. The molecule has 1 heterocycles. The molecule has 0 amide bonds. The first-order chi connectivity index (χ1) is 4.20. The Morgan fingerprint density at radius 2 is 2.33 bits per heavy atom. The molecule has 1 aromatic heterocycles. The lowest BCUT2D eigenvalue weighted by Crippen LogP contribution is -1.80. The molecule has 1 aromatic rings. The van der Waals surface area contributed by atoms with E-state index >= 15 is 0 Å². The van der Waals surface area contributed by atoms with Gasteiger partial charge in [0.05, 0.1) is 11.9 Å². The summed E-state index contributed by atoms with van der Waals surface area (Å²) in [5, 5.41) is 8.83. The van der Waals surface area contributed by atoms with Gasteiger partial charge in [0, 0.05) is 4.90 Å². The fourth-order valence-corrected chi connectivity index (χ4v) is 0.701. The molecule has 2 nitrogen and oxygen atoms in total. The summed E-state index contributed by atoms with van der Waals surface area (Å²) >= 11 is 4.05. The Morgan fingerprint density at radius 1 is 1.67 bits per heavy atom. The minimum atomic E-state index is 0.158. The maximum atomic E-state index is 8.83. The normalized spacial score (nSPS) is 9.56. The third-order valence-corrected chi connectivity index (χ3v) is 1.50. The summed E-state index contributed by atoms with van der Waals surface area (Å²) in [4.78, 5) is 4.57. The summed E-state index contributed by atoms with van der Waals surface area (Å²) in [5.41, 5.74) is 0.830. The van der Waals surface area contributed by atoms with Crippen molar-refractivity contribution in [3.63, 3.8) is 0 Å². The number of aromatic hydroxyl groups is 1. The molecule has 1 rings (SSSR count). The van der Waals surface area contributed by atoms with E-state index in [4.69, 9.17) is 5.11 Å². The third kappa shape index (κ3) is 1.36. The van der Waals surface area contributed by atoms with Crippen molar-refractivity contribution < 1.29 is 5.11 Å². The van der Waals surface area contributed by atoms with Gasteiger partial charge in [0.25, 0.3) is 0 Å². The number of aryl methyl sites for hydroxylation is 1. The molecule has 0 fully saturated rings. The molecule has 3 heteroatoms. The van der Waals surface area contributed by atoms with Crippen molar-refractivity contribution in [2.45, 2.75) is 11.8 Å². The molecule has 0 atom stereocenters. The Balaban J connectivity index is 3.17. The summed E-state index contributed by atoms with van der Waals surface area (Å²) in [6, 6.07) is 1.56. The lowest BCUT2D eigenvalue weighted by atomic mass is 10.4. The van der Waals surface area contributed by atoms with Gasteiger partial charge in [0.15, 0.2) is 0 Å². The lowest BCUT2D eigenvalue weighted by molar-refractivity contribution is 0.470. The quantitative estimate of drug-likeness (QED) is 0.535. The maximum Gasteiger partial charge on any atom is 0.134 e. The molecule has 48 valence electrons. The molecule has 0 saturated carbocycles. The summed E-state index contributed by atoms with van der Waals surface area (Å²) in [6.45, 7) is 1.84. The van der Waals surface area contributed by atoms with Crippen LogP contribution in [0.5, 0.6) is 5.75 Å². The van der Waals surface area contributed by atoms with Gasteiger partial charge in [-0.2, -0.15) is 0 Å². The van der Waals surface area contributed by atoms with E-state index in [1.165, 1.54) is 6.20 Å². The Bertz CT molecular complexity index is 224. The fourth-order valence-electron chi connectivity index (χ4n) is 0.511. The average Bonchev–Trinajstić information content (AvgIpc) is 1.80. The zero-order valence-corrected chi connectivity index (χ0v) is 5.89. The highest BCUT2D eigenvalue weighted by Crippen LogP contribution is 2.15. The number of rotatable bonds is 0. The third-order valence-electron chi connectivity index (χ3n) is 1.05. The topological polar surface area (TPSA) is 33.1 Å². The highest BCUT2D eigenvalue weighted by Gasteiger charge is 1.93. The van der Waals surface area contributed by atoms with Crippen LogP contribution in [0.4, 0.5) is 0 Å². The monoisotopic (exact) mass is 141 g/mol. The Labute approximate surface area is 59.0 Å². The number of pyridine rings is 1. The average molecular weight is 141 g/mol. The molecule has 0 bridgehead atoms. The number of nitrogens with zero attached hydrogens (tertiary/aromatic N) is 1. The van der Waals surface area contributed by atoms with E-state index in [0.717, 1.165) is 10.6 Å². The van der Waals surface area contributed by atoms with Crippen LogP contribution in [0.1, 0.15) is 5.69 Å². The Hall–Kier alpha value is -0.700. The summed E-state index contributed by atoms with van der Waals surface area (Å²) < 4.78 is 0. The molecule has 0 aliphatic carbocycles. The van der Waals surface area contributed by atoms with Gasteiger partial charge in [-0.15, -0.1) is 12.6 Å². The first-order valence-corrected chi connectivity index (χ1v) is 2.99. The number of hydrogen-bond donors (Lipinski definition) is 2. The Kier molecular flexibility index (Phi) is 1.62. The van der Waals surface area contributed by atoms with Gasteiger partial charge in [0.1, 0.15) is 5.75 Å². The van der Waals surface area contributed by atoms with Gasteiger partial charge in [0.2, 0.25) is 0 Å². The molecule has 0 aliphatic rings. The molecule has 1 N–H and O–H groups in total. The van der Waals surface area contributed by atoms with Gasteiger partial charge in [-0.3, -0.25) is 4.98 Å². The first kappa shape index (κ1) is 6.42. The largest absolute Gasteiger partial charge is 0.506 e. The number of aromatic nitrogens is 1. The van der Waals surface area contributed by atoms with Crippen LogP contribution in [-0.4, -0.2) is 10.1 Å². The van der Waals surface area contributed by atoms with Gasteiger partial charge in [-0.05, 0) is 13.0 Å². The lowest BCUT2D eigenvalue weighted by Gasteiger charge is -1.95. The molecular formula is C6H7NOS. The summed E-state index contributed by atoms with van der Waals surface area (Å²) in [6.07, 6.45) is 1.40. The number of hydrogen-bond acceptors (Lipinski definition) is 3. The van der Waals surface area contributed by atoms with Crippen LogP contribution in [-0.2, 0) is 0 Å². The van der Waals surface area contributed by atoms with E-state index in [0.29, 0.717) is 0 Å². The van der Waals surface area contributed by atoms with Crippen molar-refractivity contribution in [3.05, 3.63) is 18.0 Å². The van der Waals surface area contributed by atoms with Crippen molar-refractivity contribution in [3.8, 4) is 5.75 Å². The SMILES string of the molecule is Cc1ncc(O)cc1S. The van der Waals surface area contributed by atoms with Crippen molar-refractivity contribution in [1.29, 1.82) is 0 Å². The van der Waals surface area contributed by atoms with Gasteiger partial charge >= 0.3 is 0 Å². The predicted molar refractivity (Wildman–Crippen MR) is 37.9 cm³/mol. The summed E-state index contributed by atoms with van der Waals surface area (Å²) in [7, 11) is 0. The van der Waals surface area contributed by atoms with Crippen molar-refractivity contribution in [1.82, 2.24) is 4.98 Å². The van der Waals surface area contributed by atoms with Crippen LogP contribution in [0.25, 0.3) is 0 Å². The fraction of sp³-hybridized carbons (Fsp3) is 0.167. The first-order valence-electron chi connectivity index (χ1n) is 2.55. The van der Waals surface area contributed by atoms with Crippen molar-refractivity contribution in [2.75, 3.05) is 0 Å². The highest BCUT2D eigenvalue weighted by atomic mass is 32.1. The highest BCUT2D eigenvalue weighted by molar-refractivity contribution is 7.80. The van der Waals surface area contributed by atoms with Crippen molar-refractivity contribution in [2.24, 2.45) is 0 Å². The van der Waals surface area contributed by atoms with Gasteiger partial charge < -0.3 is 5.11 Å². The minimum Gasteiger partial charge on any atom is -0.506 e. The minimum absolute atomic E-state index is 0.158. The van der Waals surface area contributed by atoms with Crippen molar-refractivity contribution >= 4 is 12.6 Å². The molecule has 0 aliphatic heterocycles. The molecule has 9 heavy (non-hydrogen) atoms. The van der Waals surface area contributed by atoms with Crippen LogP contribution in [0.15, 0.2) is 17.2 Å². The zero-order valence-electron chi connectivity index (χ0n) is 5.00. The van der Waals surface area contributed by atoms with Gasteiger partial charge in [-0.1, -0.05) is 0 Å². The predicted octanol–water partition coefficient (Wildman–Crippen LogP) is 1.38. The van der Waals surface area contributed by atoms with E-state index in [1.54, 1.807) is 6.07 Å². The molecule has 0 saturated heterocycles. The van der Waals surface area contributed by atoms with Crippen LogP contribution in [0.3, 0.4) is 0 Å². The van der Waals surface area contributed by atoms with E-state index in [1.807, 2.05) is 6.92 Å². The van der Waals surface area contributed by atoms with Crippen LogP contribution in [0, 0.1) is 6.92 Å². The van der Waals surface area contributed by atoms with E-state index < -0.39 is 0 Å². The molecule has 0 unspecified atom stereocenters. The number of thiol groups is 1. The van der Waals surface area contributed by atoms with Crippen LogP contribution in [0.2, 0.25) is 0 Å². The second kappa shape index (κ2) is 2.27. The van der Waals surface area contributed by atoms with Crippen LogP contribution >= 0.6 is 12.6 Å². The standard InChI is InChI=1S/C6H7NOS/c1-4-6(9)2-5(8)3-7-4/h2-3,8-9H,1H3. The van der Waals surface area contributed by atoms with Gasteiger partial charge in [-0.25, -0.2) is 0 Å². The molecule has 0 radical (unpaired) electrons. The maximum absolute atomic E-state index is 8.83. The molecular weight excluding hydrogens is 134 g/mol. The zero-order chi connectivity index (χ0) is 6.85. The second-order valence-corrected chi connectivity index (χ2v) is 2.28. The van der Waals surface area contributed by atoms with Crippen LogP contribution < -0.4 is 0 Å². The van der Waals surface area contributed by atoms with E-state index in [2.05, 4.69) is 17.6 Å². The molecule has 0 aromatic carbocycles. The van der Waals surface area contributed by atoms with E-state index in [-0.39, 0.29) is 5.75 Å². The smallest absolute Gasteiger partial charge is 0.134 e.